The molecule has 2 aromatic carbocycles. The number of benzene rings is 2. The molecule has 1 N–H and O–H groups in total. The van der Waals surface area contributed by atoms with Crippen molar-refractivity contribution in [3.05, 3.63) is 53.2 Å². The highest BCUT2D eigenvalue weighted by Crippen LogP contribution is 2.57. The molecule has 0 amide bonds. The number of fused-ring (bicyclic) bond motifs is 4. The van der Waals surface area contributed by atoms with E-state index in [-0.39, 0.29) is 58.6 Å². The highest BCUT2D eigenvalue weighted by Gasteiger charge is 2.86. The van der Waals surface area contributed by atoms with Gasteiger partial charge in [-0.2, -0.15) is 49.5 Å². The van der Waals surface area contributed by atoms with Crippen LogP contribution in [-0.2, 0) is 11.2 Å². The van der Waals surface area contributed by atoms with Gasteiger partial charge in [0, 0.05) is 43.2 Å². The number of piperazine rings is 1. The van der Waals surface area contributed by atoms with Crippen LogP contribution < -0.4 is 15.0 Å². The Labute approximate surface area is 325 Å². The van der Waals surface area contributed by atoms with Gasteiger partial charge in [-0.25, -0.2) is 13.8 Å². The molecule has 4 aromatic rings. The van der Waals surface area contributed by atoms with Crippen molar-refractivity contribution in [1.29, 1.82) is 0 Å². The summed E-state index contributed by atoms with van der Waals surface area (Å²) in [5.41, 5.74) is -7.61. The van der Waals surface area contributed by atoms with Crippen molar-refractivity contribution >= 4 is 27.5 Å². The minimum absolute atomic E-state index is 0.0990. The molecule has 3 fully saturated rings. The summed E-state index contributed by atoms with van der Waals surface area (Å²) in [4.78, 5) is 17.2. The van der Waals surface area contributed by atoms with Gasteiger partial charge in [-0.3, -0.25) is 4.90 Å². The lowest BCUT2D eigenvalue weighted by Gasteiger charge is -2.40. The predicted molar refractivity (Wildman–Crippen MR) is 191 cm³/mol. The molecular formula is C39H37F11N6O2. The first-order valence-corrected chi connectivity index (χ1v) is 18.7. The summed E-state index contributed by atoms with van der Waals surface area (Å²) >= 11 is 0. The molecule has 19 heteroatoms. The highest BCUT2D eigenvalue weighted by molar-refractivity contribution is 6.02. The Morgan fingerprint density at radius 1 is 0.931 bits per heavy atom. The second-order valence-electron chi connectivity index (χ2n) is 14.5. The minimum atomic E-state index is -6.87. The average Bonchev–Trinajstić information content (AvgIpc) is 3.67. The molecule has 3 saturated heterocycles. The average molecular weight is 831 g/mol. The van der Waals surface area contributed by atoms with E-state index in [4.69, 9.17) is 16.1 Å². The van der Waals surface area contributed by atoms with E-state index in [2.05, 4.69) is 25.9 Å². The maximum atomic E-state index is 17.0. The fourth-order valence-corrected chi connectivity index (χ4v) is 8.81. The van der Waals surface area contributed by atoms with Gasteiger partial charge in [-0.1, -0.05) is 44.0 Å². The second kappa shape index (κ2) is 14.9. The van der Waals surface area contributed by atoms with Crippen molar-refractivity contribution in [1.82, 2.24) is 25.2 Å². The standard InChI is InChI=1S/C37H31F11N6O2.C2H6/c1-2-22-24(38)9-7-19-5-3-6-23(26(19)22)29-28(39)30-27-25(50-29)10-8-20-16-49-12-14-54(20)31(27)52-32(51-30)55-18-33-11-4-13-53(33)17-21(15-33)56-34(35(40,41)42,36(43,44)45)37(46,47)48;1-2/h1,3,5-7,9,20-21,49H,4,8,10-18H2;1-2H3/t20?,21-,33-;/m1./s1. The fraction of sp³-hybridized carbons (Fsp3) is 0.513. The van der Waals surface area contributed by atoms with Crippen molar-refractivity contribution in [3.8, 4) is 29.6 Å². The molecule has 4 aliphatic heterocycles. The molecule has 3 atom stereocenters. The topological polar surface area (TPSA) is 75.6 Å². The van der Waals surface area contributed by atoms with Gasteiger partial charge >= 0.3 is 30.1 Å². The molecule has 6 heterocycles. The summed E-state index contributed by atoms with van der Waals surface area (Å²) in [6, 6.07) is 7.07. The summed E-state index contributed by atoms with van der Waals surface area (Å²) in [6.07, 6.45) is -16.3. The first-order chi connectivity index (χ1) is 27.4. The number of nitrogens with zero attached hydrogens (tertiary/aromatic N) is 5. The molecule has 4 aliphatic rings. The van der Waals surface area contributed by atoms with Crippen LogP contribution in [0.15, 0.2) is 30.3 Å². The number of halogens is 11. The lowest BCUT2D eigenvalue weighted by Crippen LogP contribution is -2.68. The minimum Gasteiger partial charge on any atom is -0.461 e. The van der Waals surface area contributed by atoms with E-state index in [0.717, 1.165) is 0 Å². The number of nitrogens with one attached hydrogen (secondary N) is 1. The molecule has 0 bridgehead atoms. The van der Waals surface area contributed by atoms with Crippen molar-refractivity contribution in [2.24, 2.45) is 0 Å². The molecule has 0 aliphatic carbocycles. The Balaban J connectivity index is 0.00000252. The van der Waals surface area contributed by atoms with Gasteiger partial charge in [0.25, 0.3) is 0 Å². The summed E-state index contributed by atoms with van der Waals surface area (Å²) in [5.74, 6) is 1.02. The van der Waals surface area contributed by atoms with E-state index in [1.165, 1.54) is 17.0 Å². The fourth-order valence-electron chi connectivity index (χ4n) is 8.81. The SMILES string of the molecule is C#Cc1c(F)ccc2cccc(-c3nc4c5c(nc(OC[C@]67CCCN6C[C@H](OC(C(F)(F)F)(C(F)(F)F)C(F)(F)F)C7)nc5c3F)N3CCNCC3CC4)c12.CC. The molecule has 58 heavy (non-hydrogen) atoms. The number of anilines is 1. The van der Waals surface area contributed by atoms with Gasteiger partial charge in [0.1, 0.15) is 29.5 Å². The van der Waals surface area contributed by atoms with Crippen molar-refractivity contribution in [2.45, 2.75) is 87.8 Å². The monoisotopic (exact) mass is 830 g/mol. The molecule has 0 saturated carbocycles. The maximum absolute atomic E-state index is 17.0. The van der Waals surface area contributed by atoms with Gasteiger partial charge in [0.2, 0.25) is 0 Å². The summed E-state index contributed by atoms with van der Waals surface area (Å²) in [6.45, 7) is 4.53. The van der Waals surface area contributed by atoms with Gasteiger partial charge < -0.3 is 19.7 Å². The van der Waals surface area contributed by atoms with E-state index in [9.17, 15) is 43.9 Å². The maximum Gasteiger partial charge on any atom is 0.435 e. The molecule has 0 radical (unpaired) electrons. The summed E-state index contributed by atoms with van der Waals surface area (Å²) in [5, 5.41) is 4.38. The van der Waals surface area contributed by atoms with Crippen LogP contribution in [0.4, 0.5) is 54.1 Å². The third kappa shape index (κ3) is 6.64. The number of alkyl halides is 9. The van der Waals surface area contributed by atoms with Gasteiger partial charge in [-0.15, -0.1) is 6.42 Å². The normalized spacial score (nSPS) is 22.6. The Kier molecular flexibility index (Phi) is 10.7. The molecule has 312 valence electrons. The van der Waals surface area contributed by atoms with Crippen molar-refractivity contribution in [3.63, 3.8) is 0 Å². The largest absolute Gasteiger partial charge is 0.461 e. The Morgan fingerprint density at radius 2 is 1.66 bits per heavy atom. The predicted octanol–water partition coefficient (Wildman–Crippen LogP) is 8.28. The van der Waals surface area contributed by atoms with Crippen LogP contribution in [-0.4, -0.2) is 101 Å². The van der Waals surface area contributed by atoms with E-state index >= 15 is 4.39 Å². The zero-order valence-electron chi connectivity index (χ0n) is 31.1. The van der Waals surface area contributed by atoms with E-state index in [0.29, 0.717) is 55.4 Å². The third-order valence-electron chi connectivity index (χ3n) is 11.3. The van der Waals surface area contributed by atoms with Crippen molar-refractivity contribution in [2.75, 3.05) is 44.2 Å². The third-order valence-corrected chi connectivity index (χ3v) is 11.3. The first-order valence-electron chi connectivity index (χ1n) is 18.7. The summed E-state index contributed by atoms with van der Waals surface area (Å²) in [7, 11) is 0. The van der Waals surface area contributed by atoms with Crippen LogP contribution in [0.25, 0.3) is 32.9 Å². The van der Waals surface area contributed by atoms with Gasteiger partial charge in [0.05, 0.1) is 28.3 Å². The van der Waals surface area contributed by atoms with Crippen LogP contribution in [0.2, 0.25) is 0 Å². The zero-order chi connectivity index (χ0) is 42.0. The van der Waals surface area contributed by atoms with Gasteiger partial charge in [0.15, 0.2) is 5.82 Å². The molecule has 1 unspecified atom stereocenters. The van der Waals surface area contributed by atoms with Crippen molar-refractivity contribution < 1.29 is 57.8 Å². The quantitative estimate of drug-likeness (QED) is 0.154. The number of terminal acetylenes is 1. The molecule has 0 spiro atoms. The van der Waals surface area contributed by atoms with Crippen LogP contribution in [0.1, 0.15) is 50.8 Å². The Bertz CT molecular complexity index is 2220. The van der Waals surface area contributed by atoms with Gasteiger partial charge in [-0.05, 0) is 50.1 Å². The van der Waals surface area contributed by atoms with Crippen LogP contribution in [0, 0.1) is 24.0 Å². The van der Waals surface area contributed by atoms with E-state index < -0.39 is 67.0 Å². The summed E-state index contributed by atoms with van der Waals surface area (Å²) < 4.78 is 166. The van der Waals surface area contributed by atoms with Crippen LogP contribution in [0.3, 0.4) is 0 Å². The number of ether oxygens (including phenoxy) is 2. The Hall–Kier alpha value is -4.54. The lowest BCUT2D eigenvalue weighted by atomic mass is 9.93. The number of rotatable bonds is 6. The van der Waals surface area contributed by atoms with Crippen LogP contribution >= 0.6 is 0 Å². The zero-order valence-corrected chi connectivity index (χ0v) is 31.1. The molecule has 8 rings (SSSR count). The molecular weight excluding hydrogens is 793 g/mol. The number of pyridine rings is 1. The Morgan fingerprint density at radius 3 is 2.34 bits per heavy atom. The molecule has 2 aromatic heterocycles. The first kappa shape index (κ1) is 41.6. The number of aryl methyl sites for hydroxylation is 1. The smallest absolute Gasteiger partial charge is 0.435 e. The van der Waals surface area contributed by atoms with Crippen LogP contribution in [0.5, 0.6) is 6.01 Å². The number of hydrogen-bond acceptors (Lipinski definition) is 8. The molecule has 8 nitrogen and oxygen atoms in total. The van der Waals surface area contributed by atoms with E-state index in [1.807, 2.05) is 18.7 Å². The number of aromatic nitrogens is 3. The number of hydrogen-bond donors (Lipinski definition) is 1. The second-order valence-corrected chi connectivity index (χ2v) is 14.5. The highest BCUT2D eigenvalue weighted by atomic mass is 19.4. The lowest BCUT2D eigenvalue weighted by molar-refractivity contribution is -0.463. The van der Waals surface area contributed by atoms with E-state index in [1.54, 1.807) is 18.2 Å².